The molecular formula is C19H21N3O2S. The van der Waals surface area contributed by atoms with E-state index in [9.17, 15) is 8.42 Å². The van der Waals surface area contributed by atoms with Crippen molar-refractivity contribution in [2.45, 2.75) is 24.8 Å². The van der Waals surface area contributed by atoms with Crippen LogP contribution in [0.3, 0.4) is 0 Å². The lowest BCUT2D eigenvalue weighted by Gasteiger charge is -2.19. The Balaban J connectivity index is 2.03. The van der Waals surface area contributed by atoms with Crippen molar-refractivity contribution in [2.75, 3.05) is 0 Å². The standard InChI is InChI=1S/C19H21N3O2S/c1-14-9-10-17(13-15(14)2)25(23,24)21-18(16-7-5-4-6-8-16)19-20-11-12-22(19)3/h4-13,18,21H,1-3H3. The highest BCUT2D eigenvalue weighted by Crippen LogP contribution is 2.24. The highest BCUT2D eigenvalue weighted by Gasteiger charge is 2.25. The molecule has 3 aromatic rings. The molecule has 0 bridgehead atoms. The highest BCUT2D eigenvalue weighted by molar-refractivity contribution is 7.89. The minimum Gasteiger partial charge on any atom is -0.336 e. The van der Waals surface area contributed by atoms with E-state index in [1.165, 1.54) is 0 Å². The van der Waals surface area contributed by atoms with Gasteiger partial charge in [-0.3, -0.25) is 0 Å². The van der Waals surface area contributed by atoms with Gasteiger partial charge in [-0.15, -0.1) is 0 Å². The molecule has 130 valence electrons. The molecule has 2 aromatic carbocycles. The zero-order valence-corrected chi connectivity index (χ0v) is 15.3. The van der Waals surface area contributed by atoms with Gasteiger partial charge < -0.3 is 4.57 Å². The summed E-state index contributed by atoms with van der Waals surface area (Å²) in [6.07, 6.45) is 3.46. The lowest BCUT2D eigenvalue weighted by molar-refractivity contribution is 0.562. The molecule has 1 aromatic heterocycles. The molecule has 0 aliphatic carbocycles. The number of aromatic nitrogens is 2. The van der Waals surface area contributed by atoms with Gasteiger partial charge in [0, 0.05) is 19.4 Å². The van der Waals surface area contributed by atoms with Crippen molar-refractivity contribution >= 4 is 10.0 Å². The van der Waals surface area contributed by atoms with Crippen LogP contribution in [0.1, 0.15) is 28.6 Å². The zero-order valence-electron chi connectivity index (χ0n) is 14.5. The van der Waals surface area contributed by atoms with Crippen LogP contribution in [0, 0.1) is 13.8 Å². The summed E-state index contributed by atoms with van der Waals surface area (Å²) < 4.78 is 30.5. The molecule has 0 aliphatic rings. The molecule has 1 N–H and O–H groups in total. The Hall–Kier alpha value is -2.44. The van der Waals surface area contributed by atoms with E-state index >= 15 is 0 Å². The van der Waals surface area contributed by atoms with Gasteiger partial charge in [0.1, 0.15) is 11.9 Å². The van der Waals surface area contributed by atoms with Crippen LogP contribution in [0.2, 0.25) is 0 Å². The Labute approximate surface area is 148 Å². The molecule has 0 aliphatic heterocycles. The Bertz CT molecular complexity index is 979. The van der Waals surface area contributed by atoms with E-state index in [0.717, 1.165) is 16.7 Å². The van der Waals surface area contributed by atoms with E-state index in [-0.39, 0.29) is 4.90 Å². The fourth-order valence-corrected chi connectivity index (χ4v) is 3.94. The summed E-state index contributed by atoms with van der Waals surface area (Å²) in [5.74, 6) is 0.638. The monoisotopic (exact) mass is 355 g/mol. The summed E-state index contributed by atoms with van der Waals surface area (Å²) in [4.78, 5) is 4.59. The van der Waals surface area contributed by atoms with Crippen molar-refractivity contribution in [3.8, 4) is 0 Å². The van der Waals surface area contributed by atoms with Crippen molar-refractivity contribution in [2.24, 2.45) is 7.05 Å². The smallest absolute Gasteiger partial charge is 0.241 e. The van der Waals surface area contributed by atoms with Crippen molar-refractivity contribution in [3.05, 3.63) is 83.4 Å². The van der Waals surface area contributed by atoms with Crippen LogP contribution in [0.5, 0.6) is 0 Å². The largest absolute Gasteiger partial charge is 0.336 e. The Morgan fingerprint density at radius 3 is 2.36 bits per heavy atom. The van der Waals surface area contributed by atoms with Crippen molar-refractivity contribution in [3.63, 3.8) is 0 Å². The molecule has 3 rings (SSSR count). The molecule has 0 saturated heterocycles. The molecule has 25 heavy (non-hydrogen) atoms. The molecule has 6 heteroatoms. The molecule has 1 unspecified atom stereocenters. The molecule has 0 fully saturated rings. The van der Waals surface area contributed by atoms with E-state index in [1.54, 1.807) is 24.5 Å². The summed E-state index contributed by atoms with van der Waals surface area (Å²) in [5.41, 5.74) is 2.84. The average molecular weight is 355 g/mol. The highest BCUT2D eigenvalue weighted by atomic mass is 32.2. The van der Waals surface area contributed by atoms with Crippen LogP contribution in [0.15, 0.2) is 65.8 Å². The Morgan fingerprint density at radius 1 is 1.04 bits per heavy atom. The normalized spacial score (nSPS) is 12.9. The van der Waals surface area contributed by atoms with Gasteiger partial charge in [0.2, 0.25) is 10.0 Å². The number of rotatable bonds is 5. The Kier molecular flexibility index (Phi) is 4.74. The number of hydrogen-bond donors (Lipinski definition) is 1. The quantitative estimate of drug-likeness (QED) is 0.765. The minimum absolute atomic E-state index is 0.255. The van der Waals surface area contributed by atoms with Crippen LogP contribution in [0.4, 0.5) is 0 Å². The number of benzene rings is 2. The molecular weight excluding hydrogens is 334 g/mol. The van der Waals surface area contributed by atoms with Gasteiger partial charge in [0.05, 0.1) is 4.90 Å². The van der Waals surface area contributed by atoms with Crippen molar-refractivity contribution < 1.29 is 8.42 Å². The minimum atomic E-state index is -3.69. The summed E-state index contributed by atoms with van der Waals surface area (Å²) in [7, 11) is -1.84. The average Bonchev–Trinajstić information content (AvgIpc) is 3.02. The van der Waals surface area contributed by atoms with Gasteiger partial charge >= 0.3 is 0 Å². The second-order valence-electron chi connectivity index (χ2n) is 6.11. The first-order chi connectivity index (χ1) is 11.9. The third-order valence-corrected chi connectivity index (χ3v) is 5.73. The van der Waals surface area contributed by atoms with Gasteiger partial charge in [-0.25, -0.2) is 13.4 Å². The summed E-state index contributed by atoms with van der Waals surface area (Å²) in [5, 5.41) is 0. The fraction of sp³-hybridized carbons (Fsp3) is 0.211. The molecule has 0 spiro atoms. The van der Waals surface area contributed by atoms with E-state index < -0.39 is 16.1 Å². The molecule has 0 radical (unpaired) electrons. The van der Waals surface area contributed by atoms with Gasteiger partial charge in [-0.1, -0.05) is 36.4 Å². The van der Waals surface area contributed by atoms with Gasteiger partial charge in [-0.05, 0) is 42.7 Å². The molecule has 0 amide bonds. The molecule has 1 heterocycles. The second kappa shape index (κ2) is 6.82. The Morgan fingerprint density at radius 2 is 1.76 bits per heavy atom. The third-order valence-electron chi connectivity index (χ3n) is 4.31. The maximum absolute atomic E-state index is 12.9. The predicted octanol–water partition coefficient (Wildman–Crippen LogP) is 3.10. The van der Waals surface area contributed by atoms with Crippen LogP contribution in [-0.2, 0) is 17.1 Å². The fourth-order valence-electron chi connectivity index (χ4n) is 2.67. The lowest BCUT2D eigenvalue weighted by atomic mass is 10.1. The van der Waals surface area contributed by atoms with Crippen LogP contribution >= 0.6 is 0 Å². The number of nitrogens with one attached hydrogen (secondary N) is 1. The van der Waals surface area contributed by atoms with E-state index in [2.05, 4.69) is 9.71 Å². The zero-order chi connectivity index (χ0) is 18.0. The maximum atomic E-state index is 12.9. The van der Waals surface area contributed by atoms with E-state index in [1.807, 2.05) is 61.9 Å². The number of hydrogen-bond acceptors (Lipinski definition) is 3. The molecule has 5 nitrogen and oxygen atoms in total. The number of sulfonamides is 1. The first-order valence-corrected chi connectivity index (χ1v) is 9.48. The van der Waals surface area contributed by atoms with Crippen LogP contribution in [0.25, 0.3) is 0 Å². The summed E-state index contributed by atoms with van der Waals surface area (Å²) >= 11 is 0. The maximum Gasteiger partial charge on any atom is 0.241 e. The van der Waals surface area contributed by atoms with E-state index in [0.29, 0.717) is 5.82 Å². The SMILES string of the molecule is Cc1ccc(S(=O)(=O)NC(c2ccccc2)c2nccn2C)cc1C. The van der Waals surface area contributed by atoms with Gasteiger partial charge in [-0.2, -0.15) is 4.72 Å². The topological polar surface area (TPSA) is 64.0 Å². The van der Waals surface area contributed by atoms with E-state index in [4.69, 9.17) is 0 Å². The summed E-state index contributed by atoms with van der Waals surface area (Å²) in [6.45, 7) is 3.86. The van der Waals surface area contributed by atoms with Crippen LogP contribution < -0.4 is 4.72 Å². The first kappa shape index (κ1) is 17.4. The molecule has 0 saturated carbocycles. The van der Waals surface area contributed by atoms with Gasteiger partial charge in [0.25, 0.3) is 0 Å². The molecule has 1 atom stereocenters. The van der Waals surface area contributed by atoms with Crippen LogP contribution in [-0.4, -0.2) is 18.0 Å². The third kappa shape index (κ3) is 3.65. The lowest BCUT2D eigenvalue weighted by Crippen LogP contribution is -2.31. The first-order valence-electron chi connectivity index (χ1n) is 8.00. The second-order valence-corrected chi connectivity index (χ2v) is 7.82. The number of imidazole rings is 1. The predicted molar refractivity (Wildman–Crippen MR) is 97.7 cm³/mol. The van der Waals surface area contributed by atoms with Crippen molar-refractivity contribution in [1.29, 1.82) is 0 Å². The number of nitrogens with zero attached hydrogens (tertiary/aromatic N) is 2. The van der Waals surface area contributed by atoms with Crippen molar-refractivity contribution in [1.82, 2.24) is 14.3 Å². The van der Waals surface area contributed by atoms with Gasteiger partial charge in [0.15, 0.2) is 0 Å². The summed E-state index contributed by atoms with van der Waals surface area (Å²) in [6, 6.07) is 14.0. The number of aryl methyl sites for hydroxylation is 3.